The molecule has 1 nitrogen and oxygen atoms in total. The second-order valence-electron chi connectivity index (χ2n) is 4.90. The number of thioether (sulfide) groups is 1. The van der Waals surface area contributed by atoms with Crippen LogP contribution in [-0.4, -0.2) is 24.6 Å². The van der Waals surface area contributed by atoms with Gasteiger partial charge >= 0.3 is 0 Å². The third kappa shape index (κ3) is 6.21. The largest absolute Gasteiger partial charge is 0.316 e. The molecule has 4 heteroatoms. The molecule has 0 fully saturated rings. The number of hydrogen-bond acceptors (Lipinski definition) is 2. The van der Waals surface area contributed by atoms with Crippen molar-refractivity contribution in [2.75, 3.05) is 18.6 Å². The number of nitrogens with one attached hydrogen (secondary N) is 1. The molecule has 0 amide bonds. The van der Waals surface area contributed by atoms with Crippen molar-refractivity contribution >= 4 is 27.7 Å². The maximum Gasteiger partial charge on any atom is 0.124 e. The fourth-order valence-corrected chi connectivity index (χ4v) is 3.39. The van der Waals surface area contributed by atoms with Gasteiger partial charge in [0.2, 0.25) is 0 Å². The minimum absolute atomic E-state index is 0.177. The van der Waals surface area contributed by atoms with Gasteiger partial charge in [-0.1, -0.05) is 29.8 Å². The molecule has 0 heterocycles. The van der Waals surface area contributed by atoms with E-state index in [4.69, 9.17) is 0 Å². The van der Waals surface area contributed by atoms with E-state index in [2.05, 4.69) is 35.1 Å². The van der Waals surface area contributed by atoms with Gasteiger partial charge in [0, 0.05) is 16.3 Å². The average Bonchev–Trinajstić information content (AvgIpc) is 2.25. The van der Waals surface area contributed by atoms with Crippen molar-refractivity contribution in [1.82, 2.24) is 5.32 Å². The lowest BCUT2D eigenvalue weighted by Crippen LogP contribution is -2.30. The number of hydrogen-bond donors (Lipinski definition) is 1. The van der Waals surface area contributed by atoms with E-state index in [0.717, 1.165) is 28.1 Å². The summed E-state index contributed by atoms with van der Waals surface area (Å²) in [5, 5.41) is 3.30. The first-order chi connectivity index (χ1) is 8.51. The zero-order valence-electron chi connectivity index (χ0n) is 11.2. The quantitative estimate of drug-likeness (QED) is 0.805. The lowest BCUT2D eigenvalue weighted by Gasteiger charge is -2.17. The molecule has 0 aromatic heterocycles. The third-order valence-corrected chi connectivity index (χ3v) is 4.58. The van der Waals surface area contributed by atoms with Gasteiger partial charge in [-0.25, -0.2) is 4.39 Å². The molecule has 1 rings (SSSR count). The van der Waals surface area contributed by atoms with Gasteiger partial charge in [0.25, 0.3) is 0 Å². The van der Waals surface area contributed by atoms with Gasteiger partial charge in [-0.15, -0.1) is 0 Å². The van der Waals surface area contributed by atoms with Crippen LogP contribution >= 0.6 is 27.7 Å². The van der Waals surface area contributed by atoms with Crippen molar-refractivity contribution in [2.24, 2.45) is 5.92 Å². The molecule has 18 heavy (non-hydrogen) atoms. The molecule has 0 radical (unpaired) electrons. The van der Waals surface area contributed by atoms with Crippen LogP contribution in [-0.2, 0) is 6.42 Å². The Kier molecular flexibility index (Phi) is 7.27. The highest BCUT2D eigenvalue weighted by Gasteiger charge is 2.09. The standard InChI is InChI=1S/C14H21BrFNS/c1-10(2)8-18-9-14(17-3)6-11-4-12(15)7-13(16)5-11/h4-5,7,10,14,17H,6,8-9H2,1-3H3. The highest BCUT2D eigenvalue weighted by molar-refractivity contribution is 9.10. The molecular formula is C14H21BrFNS. The summed E-state index contributed by atoms with van der Waals surface area (Å²) in [4.78, 5) is 0. The highest BCUT2D eigenvalue weighted by atomic mass is 79.9. The van der Waals surface area contributed by atoms with Crippen molar-refractivity contribution in [3.05, 3.63) is 34.1 Å². The van der Waals surface area contributed by atoms with Gasteiger partial charge in [-0.3, -0.25) is 0 Å². The summed E-state index contributed by atoms with van der Waals surface area (Å²) in [5.41, 5.74) is 1.03. The van der Waals surface area contributed by atoms with Crippen LogP contribution in [0.3, 0.4) is 0 Å². The summed E-state index contributed by atoms with van der Waals surface area (Å²) < 4.78 is 14.1. The Labute approximate surface area is 122 Å². The van der Waals surface area contributed by atoms with E-state index >= 15 is 0 Å². The van der Waals surface area contributed by atoms with Crippen molar-refractivity contribution in [2.45, 2.75) is 26.3 Å². The Hall–Kier alpha value is -0.0600. The number of likely N-dealkylation sites (N-methyl/N-ethyl adjacent to an activating group) is 1. The van der Waals surface area contributed by atoms with E-state index in [1.54, 1.807) is 6.07 Å². The van der Waals surface area contributed by atoms with Crippen LogP contribution in [0.5, 0.6) is 0 Å². The summed E-state index contributed by atoms with van der Waals surface area (Å²) >= 11 is 5.28. The Bertz CT molecular complexity index is 351. The zero-order valence-corrected chi connectivity index (χ0v) is 13.6. The van der Waals surface area contributed by atoms with Crippen molar-refractivity contribution in [3.8, 4) is 0 Å². The van der Waals surface area contributed by atoms with Crippen molar-refractivity contribution in [1.29, 1.82) is 0 Å². The van der Waals surface area contributed by atoms with Crippen molar-refractivity contribution in [3.63, 3.8) is 0 Å². The molecule has 102 valence electrons. The minimum Gasteiger partial charge on any atom is -0.316 e. The molecule has 0 aliphatic carbocycles. The summed E-state index contributed by atoms with van der Waals surface area (Å²) in [6, 6.07) is 5.48. The van der Waals surface area contributed by atoms with E-state index in [1.165, 1.54) is 11.8 Å². The van der Waals surface area contributed by atoms with Gasteiger partial charge < -0.3 is 5.32 Å². The Morgan fingerprint density at radius 3 is 2.56 bits per heavy atom. The van der Waals surface area contributed by atoms with Crippen LogP contribution in [0.25, 0.3) is 0 Å². The first kappa shape index (κ1) is 16.0. The lowest BCUT2D eigenvalue weighted by molar-refractivity contribution is 0.601. The molecule has 1 atom stereocenters. The summed E-state index contributed by atoms with van der Waals surface area (Å²) in [7, 11) is 1.97. The highest BCUT2D eigenvalue weighted by Crippen LogP contribution is 2.17. The smallest absolute Gasteiger partial charge is 0.124 e. The fourth-order valence-electron chi connectivity index (χ4n) is 1.70. The van der Waals surface area contributed by atoms with E-state index in [1.807, 2.05) is 24.9 Å². The van der Waals surface area contributed by atoms with Gasteiger partial charge in [-0.05, 0) is 48.9 Å². The molecule has 0 spiro atoms. The van der Waals surface area contributed by atoms with E-state index in [-0.39, 0.29) is 5.82 Å². The summed E-state index contributed by atoms with van der Waals surface area (Å²) in [5.74, 6) is 2.77. The molecule has 0 saturated heterocycles. The van der Waals surface area contributed by atoms with Crippen LogP contribution < -0.4 is 5.32 Å². The average molecular weight is 334 g/mol. The fraction of sp³-hybridized carbons (Fsp3) is 0.571. The topological polar surface area (TPSA) is 12.0 Å². The van der Waals surface area contributed by atoms with E-state index < -0.39 is 0 Å². The molecule has 0 aliphatic heterocycles. The first-order valence-electron chi connectivity index (χ1n) is 6.21. The monoisotopic (exact) mass is 333 g/mol. The second-order valence-corrected chi connectivity index (χ2v) is 6.89. The van der Waals surface area contributed by atoms with Crippen LogP contribution in [0.1, 0.15) is 19.4 Å². The molecule has 0 bridgehead atoms. The predicted molar refractivity (Wildman–Crippen MR) is 82.8 cm³/mol. The zero-order chi connectivity index (χ0) is 13.5. The molecular weight excluding hydrogens is 313 g/mol. The number of benzene rings is 1. The Balaban J connectivity index is 2.51. The maximum atomic E-state index is 13.3. The molecule has 0 aliphatic rings. The summed E-state index contributed by atoms with van der Waals surface area (Å²) in [6.07, 6.45) is 0.859. The van der Waals surface area contributed by atoms with Gasteiger partial charge in [0.05, 0.1) is 0 Å². The second kappa shape index (κ2) is 8.18. The predicted octanol–water partition coefficient (Wildman–Crippen LogP) is 4.11. The van der Waals surface area contributed by atoms with Crippen molar-refractivity contribution < 1.29 is 4.39 Å². The number of rotatable bonds is 7. The maximum absolute atomic E-state index is 13.3. The molecule has 1 unspecified atom stereocenters. The Morgan fingerprint density at radius 1 is 1.28 bits per heavy atom. The number of halogens is 2. The van der Waals surface area contributed by atoms with E-state index in [9.17, 15) is 4.39 Å². The third-order valence-electron chi connectivity index (χ3n) is 2.58. The molecule has 1 aromatic rings. The summed E-state index contributed by atoms with van der Waals surface area (Å²) in [6.45, 7) is 4.45. The molecule has 1 aromatic carbocycles. The van der Waals surface area contributed by atoms with Gasteiger partial charge in [0.15, 0.2) is 0 Å². The SMILES string of the molecule is CNC(CSCC(C)C)Cc1cc(F)cc(Br)c1. The van der Waals surface area contributed by atoms with Crippen LogP contribution in [0, 0.1) is 11.7 Å². The van der Waals surface area contributed by atoms with E-state index in [0.29, 0.717) is 6.04 Å². The van der Waals surface area contributed by atoms with Gasteiger partial charge in [0.1, 0.15) is 5.82 Å². The first-order valence-corrected chi connectivity index (χ1v) is 8.16. The van der Waals surface area contributed by atoms with Crippen LogP contribution in [0.4, 0.5) is 4.39 Å². The molecule has 0 saturated carbocycles. The Morgan fingerprint density at radius 2 is 2.00 bits per heavy atom. The minimum atomic E-state index is -0.177. The lowest BCUT2D eigenvalue weighted by atomic mass is 10.1. The van der Waals surface area contributed by atoms with Crippen LogP contribution in [0.2, 0.25) is 0 Å². The van der Waals surface area contributed by atoms with Crippen LogP contribution in [0.15, 0.2) is 22.7 Å². The van der Waals surface area contributed by atoms with Gasteiger partial charge in [-0.2, -0.15) is 11.8 Å². The normalized spacial score (nSPS) is 13.0. The molecule has 1 N–H and O–H groups in total.